The third kappa shape index (κ3) is 7.17. The Morgan fingerprint density at radius 2 is 1.86 bits per heavy atom. The second-order valence-electron chi connectivity index (χ2n) is 5.56. The van der Waals surface area contributed by atoms with Crippen LogP contribution >= 0.6 is 23.2 Å². The first kappa shape index (κ1) is 24.0. The lowest BCUT2D eigenvalue weighted by Crippen LogP contribution is -2.42. The summed E-state index contributed by atoms with van der Waals surface area (Å²) in [6.45, 7) is -0.563. The van der Waals surface area contributed by atoms with Crippen LogP contribution in [0.3, 0.4) is 0 Å². The van der Waals surface area contributed by atoms with E-state index in [4.69, 9.17) is 25.2 Å². The van der Waals surface area contributed by atoms with Crippen LogP contribution in [0.4, 0.5) is 5.82 Å². The number of rotatable bonds is 11. The number of hydrogen-bond donors (Lipinski definition) is 7. The van der Waals surface area contributed by atoms with E-state index in [9.17, 15) is 23.7 Å². The van der Waals surface area contributed by atoms with Crippen molar-refractivity contribution in [3.63, 3.8) is 0 Å². The van der Waals surface area contributed by atoms with E-state index >= 15 is 0 Å². The Hall–Kier alpha value is -1.28. The molecule has 2 rings (SSSR count). The van der Waals surface area contributed by atoms with E-state index < -0.39 is 35.6 Å². The maximum absolute atomic E-state index is 11.8. The Morgan fingerprint density at radius 1 is 1.17 bits per heavy atom. The van der Waals surface area contributed by atoms with Crippen molar-refractivity contribution >= 4 is 40.2 Å². The second kappa shape index (κ2) is 9.25. The van der Waals surface area contributed by atoms with Crippen LogP contribution in [0.1, 0.15) is 12.5 Å². The van der Waals surface area contributed by atoms with Crippen molar-refractivity contribution in [1.82, 2.24) is 15.0 Å². The SMILES string of the molecule is Nc1ncnc2[nH]c[n+](C(CCO)COCP(=O)(O)OP(=O)(O)OP(=O)(O)O)c12. The van der Waals surface area contributed by atoms with Crippen LogP contribution in [0.5, 0.6) is 0 Å². The van der Waals surface area contributed by atoms with Gasteiger partial charge >= 0.3 is 23.2 Å². The number of phosphoric acid groups is 2. The zero-order chi connectivity index (χ0) is 21.9. The van der Waals surface area contributed by atoms with Gasteiger partial charge in [-0.3, -0.25) is 4.57 Å². The third-order valence-corrected chi connectivity index (χ3v) is 7.34. The van der Waals surface area contributed by atoms with E-state index in [2.05, 4.69) is 23.6 Å². The van der Waals surface area contributed by atoms with E-state index in [0.717, 1.165) is 0 Å². The highest BCUT2D eigenvalue weighted by atomic mass is 31.3. The molecule has 0 bridgehead atoms. The number of nitrogen functional groups attached to an aromatic ring is 1. The molecule has 16 nitrogen and oxygen atoms in total. The number of hydrogen-bond acceptors (Lipinski definition) is 10. The van der Waals surface area contributed by atoms with Gasteiger partial charge in [-0.15, -0.1) is 0 Å². The number of aromatic nitrogens is 4. The smallest absolute Gasteiger partial charge is 0.396 e. The average molecular weight is 478 g/mol. The quantitative estimate of drug-likeness (QED) is 0.153. The number of aromatic amines is 1. The maximum Gasteiger partial charge on any atom is 0.488 e. The van der Waals surface area contributed by atoms with Crippen molar-refractivity contribution in [3.05, 3.63) is 12.7 Å². The molecule has 0 amide bonds. The van der Waals surface area contributed by atoms with Gasteiger partial charge in [0.1, 0.15) is 18.7 Å². The van der Waals surface area contributed by atoms with Crippen molar-refractivity contribution in [1.29, 1.82) is 0 Å². The van der Waals surface area contributed by atoms with Crippen LogP contribution in [0.2, 0.25) is 0 Å². The highest BCUT2D eigenvalue weighted by Crippen LogP contribution is 2.65. The molecule has 0 aliphatic rings. The van der Waals surface area contributed by atoms with E-state index in [0.29, 0.717) is 11.2 Å². The molecule has 0 spiro atoms. The molecule has 0 aliphatic heterocycles. The van der Waals surface area contributed by atoms with Gasteiger partial charge < -0.3 is 35.2 Å². The normalized spacial score (nSPS) is 17.7. The molecule has 3 unspecified atom stereocenters. The van der Waals surface area contributed by atoms with Crippen molar-refractivity contribution in [3.8, 4) is 0 Å². The zero-order valence-corrected chi connectivity index (χ0v) is 17.2. The molecule has 2 heterocycles. The van der Waals surface area contributed by atoms with Crippen molar-refractivity contribution in [2.24, 2.45) is 0 Å². The van der Waals surface area contributed by atoms with E-state index in [-0.39, 0.29) is 25.5 Å². The van der Waals surface area contributed by atoms with Gasteiger partial charge in [-0.05, 0) is 0 Å². The number of anilines is 1. The summed E-state index contributed by atoms with van der Waals surface area (Å²) >= 11 is 0. The molecule has 0 saturated heterocycles. The predicted octanol–water partition coefficient (Wildman–Crippen LogP) is -0.863. The number of nitrogens with zero attached hydrogens (tertiary/aromatic N) is 3. The van der Waals surface area contributed by atoms with E-state index in [1.54, 1.807) is 0 Å². The van der Waals surface area contributed by atoms with Gasteiger partial charge in [0, 0.05) is 13.0 Å². The summed E-state index contributed by atoms with van der Waals surface area (Å²) in [5.41, 5.74) is 6.61. The molecule has 2 aromatic heterocycles. The van der Waals surface area contributed by atoms with Crippen LogP contribution in [0.25, 0.3) is 11.2 Å². The van der Waals surface area contributed by atoms with E-state index in [1.165, 1.54) is 17.2 Å². The number of ether oxygens (including phenoxy) is 1. The van der Waals surface area contributed by atoms with Gasteiger partial charge in [-0.1, -0.05) is 0 Å². The molecule has 0 saturated carbocycles. The molecule has 2 aromatic rings. The maximum atomic E-state index is 11.8. The summed E-state index contributed by atoms with van der Waals surface area (Å²) in [5, 5.41) is 9.27. The molecule has 8 N–H and O–H groups in total. The van der Waals surface area contributed by atoms with Crippen molar-refractivity contribution in [2.75, 3.05) is 25.3 Å². The van der Waals surface area contributed by atoms with Crippen LogP contribution in [-0.2, 0) is 27.1 Å². The van der Waals surface area contributed by atoms with Crippen LogP contribution < -0.4 is 10.3 Å². The molecule has 19 heteroatoms. The Kier molecular flexibility index (Phi) is 7.65. The summed E-state index contributed by atoms with van der Waals surface area (Å²) < 4.78 is 47.8. The summed E-state index contributed by atoms with van der Waals surface area (Å²) in [6, 6.07) is -0.616. The van der Waals surface area contributed by atoms with Gasteiger partial charge in [0.25, 0.3) is 5.65 Å². The fraction of sp³-hybridized carbons (Fsp3) is 0.500. The summed E-state index contributed by atoms with van der Waals surface area (Å²) in [6.07, 6.45) is 1.73. The van der Waals surface area contributed by atoms with Crippen LogP contribution in [0, 0.1) is 0 Å². The molecule has 164 valence electrons. The fourth-order valence-electron chi connectivity index (χ4n) is 2.33. The van der Waals surface area contributed by atoms with Crippen molar-refractivity contribution < 1.29 is 56.3 Å². The van der Waals surface area contributed by atoms with Crippen LogP contribution in [-0.4, -0.2) is 59.2 Å². The third-order valence-electron chi connectivity index (χ3n) is 3.31. The number of aliphatic hydroxyl groups is 1. The average Bonchev–Trinajstić information content (AvgIpc) is 2.95. The summed E-state index contributed by atoms with van der Waals surface area (Å²) in [7, 11) is -15.9. The minimum atomic E-state index is -5.54. The zero-order valence-electron chi connectivity index (χ0n) is 14.5. The second-order valence-corrected chi connectivity index (χ2v) is 10.3. The Morgan fingerprint density at radius 3 is 2.48 bits per heavy atom. The minimum Gasteiger partial charge on any atom is -0.396 e. The molecule has 0 fully saturated rings. The Balaban J connectivity index is 2.06. The topological polar surface area (TPSA) is 252 Å². The molecule has 3 atom stereocenters. The van der Waals surface area contributed by atoms with Gasteiger partial charge in [0.05, 0.1) is 6.61 Å². The monoisotopic (exact) mass is 478 g/mol. The number of imidazole rings is 1. The Bertz CT molecular complexity index is 993. The largest absolute Gasteiger partial charge is 0.488 e. The van der Waals surface area contributed by atoms with Gasteiger partial charge in [-0.25, -0.2) is 28.0 Å². The Labute approximate surface area is 162 Å². The number of aliphatic hydroxyl groups excluding tert-OH is 1. The first-order chi connectivity index (χ1) is 13.3. The van der Waals surface area contributed by atoms with E-state index in [1.807, 2.05) is 0 Å². The predicted molar refractivity (Wildman–Crippen MR) is 93.9 cm³/mol. The number of fused-ring (bicyclic) bond motifs is 1. The first-order valence-corrected chi connectivity index (χ1v) is 12.4. The van der Waals surface area contributed by atoms with Crippen LogP contribution in [0.15, 0.2) is 12.7 Å². The highest BCUT2D eigenvalue weighted by Gasteiger charge is 2.39. The minimum absolute atomic E-state index is 0.127. The lowest BCUT2D eigenvalue weighted by atomic mass is 10.2. The molecule has 0 aromatic carbocycles. The van der Waals surface area contributed by atoms with Crippen molar-refractivity contribution in [2.45, 2.75) is 12.5 Å². The fourth-order valence-corrected chi connectivity index (χ4v) is 5.60. The van der Waals surface area contributed by atoms with Gasteiger partial charge in [0.2, 0.25) is 11.8 Å². The number of nitrogens with two attached hydrogens (primary N) is 1. The summed E-state index contributed by atoms with van der Waals surface area (Å²) in [5.74, 6) is 0.131. The standard InChI is InChI=1S/C10H18N5O11P3/c11-9-8-10(13-4-12-9)14-5-15(8)7(1-2-16)3-24-6-27(17,18)25-29(22,23)26-28(19,20)21/h4-5,7,16H,1-3,6H2,(H6,11,12,13,17,18,19,20,21,22,23)/p+1. The molecule has 0 radical (unpaired) electrons. The summed E-state index contributed by atoms with van der Waals surface area (Å²) in [4.78, 5) is 46.4. The molecular weight excluding hydrogens is 459 g/mol. The lowest BCUT2D eigenvalue weighted by Gasteiger charge is -2.18. The molecule has 0 aliphatic carbocycles. The van der Waals surface area contributed by atoms with Gasteiger partial charge in [-0.2, -0.15) is 9.29 Å². The first-order valence-electron chi connectivity index (χ1n) is 7.64. The lowest BCUT2D eigenvalue weighted by molar-refractivity contribution is -0.701. The highest BCUT2D eigenvalue weighted by molar-refractivity contribution is 7.68. The molecular formula is C10H19N5O11P3+. The van der Waals surface area contributed by atoms with Gasteiger partial charge in [0.15, 0.2) is 5.82 Å². The number of H-pyrrole nitrogens is 1. The number of nitrogens with one attached hydrogen (secondary N) is 1. The molecule has 29 heavy (non-hydrogen) atoms.